The number of nitrogens with one attached hydrogen (secondary N) is 1. The highest BCUT2D eigenvalue weighted by Gasteiger charge is 2.23. The fourth-order valence-electron chi connectivity index (χ4n) is 1.74. The first-order chi connectivity index (χ1) is 6.99. The van der Waals surface area contributed by atoms with E-state index in [2.05, 4.69) is 5.32 Å². The summed E-state index contributed by atoms with van der Waals surface area (Å²) in [6.07, 6.45) is 1.98. The van der Waals surface area contributed by atoms with E-state index in [4.69, 9.17) is 4.74 Å². The van der Waals surface area contributed by atoms with Gasteiger partial charge >= 0.3 is 0 Å². The van der Waals surface area contributed by atoms with Gasteiger partial charge in [0, 0.05) is 12.6 Å². The molecule has 0 aliphatic carbocycles. The van der Waals surface area contributed by atoms with E-state index >= 15 is 0 Å². The van der Waals surface area contributed by atoms with E-state index in [9.17, 15) is 8.42 Å². The fraction of sp³-hybridized carbons (Fsp3) is 1.00. The predicted octanol–water partition coefficient (Wildman–Crippen LogP) is 0.578. The second kappa shape index (κ2) is 5.82. The minimum absolute atomic E-state index is 0.125. The Morgan fingerprint density at radius 2 is 2.20 bits per heavy atom. The highest BCUT2D eigenvalue weighted by atomic mass is 32.2. The summed E-state index contributed by atoms with van der Waals surface area (Å²) in [5, 5.41) is 3.23. The Morgan fingerprint density at radius 3 is 2.80 bits per heavy atom. The molecule has 1 atom stereocenters. The number of rotatable bonds is 5. The van der Waals surface area contributed by atoms with Crippen molar-refractivity contribution in [3.05, 3.63) is 0 Å². The lowest BCUT2D eigenvalue weighted by molar-refractivity contribution is 0.0794. The van der Waals surface area contributed by atoms with Crippen LogP contribution in [0.25, 0.3) is 0 Å². The van der Waals surface area contributed by atoms with Gasteiger partial charge in [0.2, 0.25) is 0 Å². The average Bonchev–Trinajstić information content (AvgIpc) is 2.10. The normalized spacial score (nSPS) is 25.7. The third-order valence-electron chi connectivity index (χ3n) is 2.45. The molecular weight excluding hydrogens is 214 g/mol. The molecule has 15 heavy (non-hydrogen) atoms. The summed E-state index contributed by atoms with van der Waals surface area (Å²) >= 11 is 0. The third-order valence-corrected chi connectivity index (χ3v) is 4.27. The molecule has 1 aliphatic heterocycles. The van der Waals surface area contributed by atoms with Gasteiger partial charge in [0.25, 0.3) is 0 Å². The zero-order chi connectivity index (χ0) is 11.3. The molecule has 0 amide bonds. The summed E-state index contributed by atoms with van der Waals surface area (Å²) in [5.74, 6) is 0.641. The van der Waals surface area contributed by atoms with Gasteiger partial charge in [0.15, 0.2) is 9.84 Å². The van der Waals surface area contributed by atoms with E-state index in [0.29, 0.717) is 12.4 Å². The van der Waals surface area contributed by atoms with Crippen LogP contribution in [0.3, 0.4) is 0 Å². The molecule has 0 bridgehead atoms. The van der Waals surface area contributed by atoms with Crippen molar-refractivity contribution < 1.29 is 13.2 Å². The molecule has 4 nitrogen and oxygen atoms in total. The molecule has 0 aromatic heterocycles. The van der Waals surface area contributed by atoms with Gasteiger partial charge in [-0.25, -0.2) is 8.42 Å². The van der Waals surface area contributed by atoms with Gasteiger partial charge in [-0.1, -0.05) is 0 Å². The Kier molecular flexibility index (Phi) is 5.02. The van der Waals surface area contributed by atoms with Crippen molar-refractivity contribution in [1.29, 1.82) is 0 Å². The van der Waals surface area contributed by atoms with Gasteiger partial charge in [-0.3, -0.25) is 0 Å². The maximum Gasteiger partial charge on any atom is 0.151 e. The maximum atomic E-state index is 11.3. The molecule has 90 valence electrons. The Hall–Kier alpha value is -0.130. The second-order valence-electron chi connectivity index (χ2n) is 4.33. The highest BCUT2D eigenvalue weighted by molar-refractivity contribution is 7.91. The molecule has 0 saturated carbocycles. The molecule has 1 saturated heterocycles. The van der Waals surface area contributed by atoms with Gasteiger partial charge in [-0.15, -0.1) is 0 Å². The summed E-state index contributed by atoms with van der Waals surface area (Å²) in [4.78, 5) is 0. The first-order valence-corrected chi connectivity index (χ1v) is 7.37. The van der Waals surface area contributed by atoms with Crippen LogP contribution in [0.4, 0.5) is 0 Å². The molecule has 1 N–H and O–H groups in total. The van der Waals surface area contributed by atoms with Crippen molar-refractivity contribution in [2.75, 3.05) is 24.7 Å². The van der Waals surface area contributed by atoms with Crippen molar-refractivity contribution in [3.63, 3.8) is 0 Å². The van der Waals surface area contributed by atoms with Crippen LogP contribution in [-0.4, -0.2) is 45.2 Å². The van der Waals surface area contributed by atoms with Gasteiger partial charge in [-0.2, -0.15) is 0 Å². The van der Waals surface area contributed by atoms with E-state index in [1.54, 1.807) is 0 Å². The standard InChI is InChI=1S/C10H21NO3S/c1-9(2)14-6-5-11-10-4-3-7-15(12,13)8-10/h9-11H,3-8H2,1-2H3. The number of hydrogen-bond donors (Lipinski definition) is 1. The molecule has 1 unspecified atom stereocenters. The van der Waals surface area contributed by atoms with Crippen molar-refractivity contribution in [1.82, 2.24) is 5.32 Å². The SMILES string of the molecule is CC(C)OCCNC1CCCS(=O)(=O)C1. The summed E-state index contributed by atoms with van der Waals surface area (Å²) in [6.45, 7) is 5.36. The smallest absolute Gasteiger partial charge is 0.151 e. The third kappa shape index (κ3) is 5.49. The molecule has 0 radical (unpaired) electrons. The quantitative estimate of drug-likeness (QED) is 0.708. The monoisotopic (exact) mass is 235 g/mol. The lowest BCUT2D eigenvalue weighted by Gasteiger charge is -2.23. The van der Waals surface area contributed by atoms with Crippen LogP contribution in [0.15, 0.2) is 0 Å². The van der Waals surface area contributed by atoms with Crippen LogP contribution >= 0.6 is 0 Å². The van der Waals surface area contributed by atoms with Crippen LogP contribution in [-0.2, 0) is 14.6 Å². The van der Waals surface area contributed by atoms with E-state index in [1.165, 1.54) is 0 Å². The molecule has 5 heteroatoms. The zero-order valence-corrected chi connectivity index (χ0v) is 10.3. The van der Waals surface area contributed by atoms with E-state index < -0.39 is 9.84 Å². The average molecular weight is 235 g/mol. The summed E-state index contributed by atoms with van der Waals surface area (Å²) in [6, 6.07) is 0.125. The highest BCUT2D eigenvalue weighted by Crippen LogP contribution is 2.11. The Bertz CT molecular complexity index is 274. The largest absolute Gasteiger partial charge is 0.377 e. The Balaban J connectivity index is 2.16. The summed E-state index contributed by atoms with van der Waals surface area (Å²) in [7, 11) is -2.79. The van der Waals surface area contributed by atoms with E-state index in [1.807, 2.05) is 13.8 Å². The van der Waals surface area contributed by atoms with Gasteiger partial charge in [0.1, 0.15) is 0 Å². The first kappa shape index (κ1) is 12.9. The van der Waals surface area contributed by atoms with Gasteiger partial charge in [-0.05, 0) is 26.7 Å². The van der Waals surface area contributed by atoms with Gasteiger partial charge in [0.05, 0.1) is 24.2 Å². The summed E-state index contributed by atoms with van der Waals surface area (Å²) < 4.78 is 28.0. The van der Waals surface area contributed by atoms with Crippen molar-refractivity contribution >= 4 is 9.84 Å². The molecule has 1 rings (SSSR count). The molecule has 1 fully saturated rings. The maximum absolute atomic E-state index is 11.3. The van der Waals surface area contributed by atoms with Crippen molar-refractivity contribution in [2.45, 2.75) is 38.8 Å². The van der Waals surface area contributed by atoms with Crippen molar-refractivity contribution in [2.24, 2.45) is 0 Å². The van der Waals surface area contributed by atoms with Crippen LogP contribution in [0.1, 0.15) is 26.7 Å². The minimum Gasteiger partial charge on any atom is -0.377 e. The molecule has 0 aromatic carbocycles. The molecule has 1 heterocycles. The predicted molar refractivity (Wildman–Crippen MR) is 60.8 cm³/mol. The lowest BCUT2D eigenvalue weighted by atomic mass is 10.2. The second-order valence-corrected chi connectivity index (χ2v) is 6.56. The summed E-state index contributed by atoms with van der Waals surface area (Å²) in [5.41, 5.74) is 0. The van der Waals surface area contributed by atoms with Crippen LogP contribution in [0.5, 0.6) is 0 Å². The van der Waals surface area contributed by atoms with E-state index in [-0.39, 0.29) is 17.9 Å². The minimum atomic E-state index is -2.79. The number of hydrogen-bond acceptors (Lipinski definition) is 4. The molecule has 1 aliphatic rings. The Morgan fingerprint density at radius 1 is 1.47 bits per heavy atom. The molecule has 0 spiro atoms. The Labute approximate surface area is 92.3 Å². The van der Waals surface area contributed by atoms with Gasteiger partial charge < -0.3 is 10.1 Å². The number of ether oxygens (including phenoxy) is 1. The molecule has 0 aromatic rings. The van der Waals surface area contributed by atoms with Crippen LogP contribution in [0.2, 0.25) is 0 Å². The zero-order valence-electron chi connectivity index (χ0n) is 9.53. The fourth-order valence-corrected chi connectivity index (χ4v) is 3.41. The van der Waals surface area contributed by atoms with E-state index in [0.717, 1.165) is 19.4 Å². The van der Waals surface area contributed by atoms with Crippen molar-refractivity contribution in [3.8, 4) is 0 Å². The lowest BCUT2D eigenvalue weighted by Crippen LogP contribution is -2.41. The molecular formula is C10H21NO3S. The van der Waals surface area contributed by atoms with Crippen LogP contribution in [0, 0.1) is 0 Å². The number of sulfone groups is 1. The first-order valence-electron chi connectivity index (χ1n) is 5.55. The topological polar surface area (TPSA) is 55.4 Å². The van der Waals surface area contributed by atoms with Crippen LogP contribution < -0.4 is 5.32 Å².